The molecule has 0 spiro atoms. The van der Waals surface area contributed by atoms with E-state index in [-0.39, 0.29) is 29.1 Å². The minimum atomic E-state index is -1.30. The fraction of sp³-hybridized carbons (Fsp3) is 0.545. The number of hydrogen-bond acceptors (Lipinski definition) is 5. The number of aromatic carboxylic acids is 1. The second-order valence-electron chi connectivity index (χ2n) is 8.53. The van der Waals surface area contributed by atoms with Crippen molar-refractivity contribution in [3.8, 4) is 5.75 Å². The van der Waals surface area contributed by atoms with Crippen molar-refractivity contribution in [3.63, 3.8) is 0 Å². The van der Waals surface area contributed by atoms with Crippen LogP contribution in [0.4, 0.5) is 10.1 Å². The zero-order valence-electron chi connectivity index (χ0n) is 17.6. The van der Waals surface area contributed by atoms with Gasteiger partial charge in [0.25, 0.3) is 0 Å². The molecule has 0 bridgehead atoms. The summed E-state index contributed by atoms with van der Waals surface area (Å²) in [6, 6.07) is 1.57. The Kier molecular flexibility index (Phi) is 5.44. The van der Waals surface area contributed by atoms with Crippen LogP contribution in [-0.4, -0.2) is 47.9 Å². The van der Waals surface area contributed by atoms with Gasteiger partial charge in [-0.1, -0.05) is 12.8 Å². The molecule has 2 aliphatic rings. The van der Waals surface area contributed by atoms with Crippen molar-refractivity contribution in [1.29, 1.82) is 0 Å². The number of nitrogens with one attached hydrogen (secondary N) is 1. The lowest BCUT2D eigenvalue weighted by Gasteiger charge is -2.38. The van der Waals surface area contributed by atoms with Crippen LogP contribution in [0.15, 0.2) is 17.1 Å². The molecule has 2 atom stereocenters. The predicted molar refractivity (Wildman–Crippen MR) is 113 cm³/mol. The molecule has 0 amide bonds. The van der Waals surface area contributed by atoms with Gasteiger partial charge >= 0.3 is 5.97 Å². The second kappa shape index (κ2) is 7.91. The number of ether oxygens (including phenoxy) is 1. The van der Waals surface area contributed by atoms with Crippen LogP contribution in [0.25, 0.3) is 10.9 Å². The van der Waals surface area contributed by atoms with Crippen LogP contribution in [0.1, 0.15) is 55.9 Å². The molecule has 1 saturated carbocycles. The molecule has 2 fully saturated rings. The summed E-state index contributed by atoms with van der Waals surface area (Å²) in [4.78, 5) is 26.6. The Morgan fingerprint density at radius 1 is 1.23 bits per heavy atom. The van der Waals surface area contributed by atoms with Crippen molar-refractivity contribution >= 4 is 22.6 Å². The number of anilines is 1. The maximum absolute atomic E-state index is 15.4. The highest BCUT2D eigenvalue weighted by Crippen LogP contribution is 2.41. The Bertz CT molecular complexity index is 1040. The van der Waals surface area contributed by atoms with Gasteiger partial charge in [0, 0.05) is 37.4 Å². The van der Waals surface area contributed by atoms with Gasteiger partial charge in [0.15, 0.2) is 11.6 Å². The average Bonchev–Trinajstić information content (AvgIpc) is 3.21. The molecule has 1 aromatic carbocycles. The molecule has 2 N–H and O–H groups in total. The Morgan fingerprint density at radius 2 is 1.87 bits per heavy atom. The van der Waals surface area contributed by atoms with E-state index in [1.807, 2.05) is 23.3 Å². The van der Waals surface area contributed by atoms with E-state index in [4.69, 9.17) is 4.74 Å². The third-order valence-electron chi connectivity index (χ3n) is 6.22. The van der Waals surface area contributed by atoms with Crippen molar-refractivity contribution in [2.75, 3.05) is 25.1 Å². The highest BCUT2D eigenvalue weighted by atomic mass is 19.1. The van der Waals surface area contributed by atoms with Crippen molar-refractivity contribution < 1.29 is 19.0 Å². The van der Waals surface area contributed by atoms with E-state index in [1.165, 1.54) is 19.4 Å². The molecule has 8 heteroatoms. The van der Waals surface area contributed by atoms with E-state index in [2.05, 4.69) is 5.32 Å². The summed E-state index contributed by atoms with van der Waals surface area (Å²) in [5, 5.41) is 13.0. The van der Waals surface area contributed by atoms with E-state index >= 15 is 4.39 Å². The van der Waals surface area contributed by atoms with Crippen molar-refractivity contribution in [2.45, 2.75) is 57.7 Å². The van der Waals surface area contributed by atoms with Crippen LogP contribution >= 0.6 is 0 Å². The molecule has 162 valence electrons. The van der Waals surface area contributed by atoms with Gasteiger partial charge < -0.3 is 24.6 Å². The molecule has 1 aliphatic carbocycles. The standard InChI is InChI=1S/C22H28FN3O4/c1-12-9-25(10-13(2)24-12)19-17(23)8-15-18(21(19)30-3)26(14-6-4-5-7-14)11-16(20(15)27)22(28)29/h8,11-14,24H,4-7,9-10H2,1-3H3,(H,28,29)/t12-,13+. The lowest BCUT2D eigenvalue weighted by Crippen LogP contribution is -2.54. The minimum Gasteiger partial charge on any atom is -0.492 e. The smallest absolute Gasteiger partial charge is 0.341 e. The number of carboxylic acid groups (broad SMARTS) is 1. The minimum absolute atomic E-state index is 0.0520. The van der Waals surface area contributed by atoms with Gasteiger partial charge in [0.05, 0.1) is 18.0 Å². The van der Waals surface area contributed by atoms with Gasteiger partial charge in [-0.15, -0.1) is 0 Å². The van der Waals surface area contributed by atoms with Crippen LogP contribution in [0, 0.1) is 5.82 Å². The summed E-state index contributed by atoms with van der Waals surface area (Å²) >= 11 is 0. The first kappa shape index (κ1) is 20.7. The van der Waals surface area contributed by atoms with E-state index < -0.39 is 17.2 Å². The predicted octanol–water partition coefficient (Wildman–Crippen LogP) is 3.15. The summed E-state index contributed by atoms with van der Waals surface area (Å²) in [5.41, 5.74) is -0.209. The maximum Gasteiger partial charge on any atom is 0.341 e. The summed E-state index contributed by atoms with van der Waals surface area (Å²) in [7, 11) is 1.47. The normalized spacial score (nSPS) is 22.6. The molecule has 30 heavy (non-hydrogen) atoms. The number of rotatable bonds is 4. The van der Waals surface area contributed by atoms with Gasteiger partial charge in [-0.25, -0.2) is 9.18 Å². The molecule has 0 radical (unpaired) electrons. The topological polar surface area (TPSA) is 83.8 Å². The average molecular weight is 417 g/mol. The highest BCUT2D eigenvalue weighted by Gasteiger charge is 2.31. The molecule has 0 unspecified atom stereocenters. The Hall–Kier alpha value is -2.61. The number of carboxylic acids is 1. The number of halogens is 1. The van der Waals surface area contributed by atoms with Crippen LogP contribution in [-0.2, 0) is 0 Å². The van der Waals surface area contributed by atoms with Crippen molar-refractivity contribution in [1.82, 2.24) is 9.88 Å². The van der Waals surface area contributed by atoms with Crippen molar-refractivity contribution in [2.24, 2.45) is 0 Å². The lowest BCUT2D eigenvalue weighted by atomic mass is 10.0. The molecular weight excluding hydrogens is 389 g/mol. The SMILES string of the molecule is COc1c(N2C[C@@H](C)N[C@@H](C)C2)c(F)cc2c(=O)c(C(=O)O)cn(C3CCCC3)c12. The van der Waals surface area contributed by atoms with Gasteiger partial charge in [-0.3, -0.25) is 4.79 Å². The number of nitrogens with zero attached hydrogens (tertiary/aromatic N) is 2. The van der Waals surface area contributed by atoms with Gasteiger partial charge in [0.1, 0.15) is 11.3 Å². The number of fused-ring (bicyclic) bond motifs is 1. The number of pyridine rings is 1. The molecular formula is C22H28FN3O4. The van der Waals surface area contributed by atoms with Gasteiger partial charge in [0.2, 0.25) is 5.43 Å². The van der Waals surface area contributed by atoms with Crippen LogP contribution in [0.2, 0.25) is 0 Å². The second-order valence-corrected chi connectivity index (χ2v) is 8.53. The van der Waals surface area contributed by atoms with Gasteiger partial charge in [-0.2, -0.15) is 0 Å². The van der Waals surface area contributed by atoms with E-state index in [0.717, 1.165) is 25.7 Å². The van der Waals surface area contributed by atoms with E-state index in [9.17, 15) is 14.7 Å². The Labute approximate surface area is 174 Å². The highest BCUT2D eigenvalue weighted by molar-refractivity contribution is 5.97. The molecule has 1 aliphatic heterocycles. The van der Waals surface area contributed by atoms with E-state index in [1.54, 1.807) is 0 Å². The number of hydrogen-bond donors (Lipinski definition) is 2. The maximum atomic E-state index is 15.4. The first-order valence-electron chi connectivity index (χ1n) is 10.5. The number of benzene rings is 1. The summed E-state index contributed by atoms with van der Waals surface area (Å²) in [6.45, 7) is 5.29. The molecule has 7 nitrogen and oxygen atoms in total. The van der Waals surface area contributed by atoms with Gasteiger partial charge in [-0.05, 0) is 32.8 Å². The monoisotopic (exact) mass is 417 g/mol. The fourth-order valence-electron chi connectivity index (χ4n) is 5.06. The quantitative estimate of drug-likeness (QED) is 0.795. The first-order valence-corrected chi connectivity index (χ1v) is 10.5. The molecule has 2 aromatic rings. The number of methoxy groups -OCH3 is 1. The Balaban J connectivity index is 2.03. The first-order chi connectivity index (χ1) is 14.3. The largest absolute Gasteiger partial charge is 0.492 e. The summed E-state index contributed by atoms with van der Waals surface area (Å²) in [5.74, 6) is -1.58. The van der Waals surface area contributed by atoms with Crippen molar-refractivity contribution in [3.05, 3.63) is 33.9 Å². The van der Waals surface area contributed by atoms with E-state index in [0.29, 0.717) is 30.0 Å². The molecule has 1 aromatic heterocycles. The lowest BCUT2D eigenvalue weighted by molar-refractivity contribution is 0.0694. The third kappa shape index (κ3) is 3.43. The molecule has 4 rings (SSSR count). The molecule has 2 heterocycles. The Morgan fingerprint density at radius 3 is 2.43 bits per heavy atom. The zero-order chi connectivity index (χ0) is 21.6. The van der Waals surface area contributed by atoms with Crippen LogP contribution in [0.3, 0.4) is 0 Å². The van der Waals surface area contributed by atoms with Crippen LogP contribution < -0.4 is 20.4 Å². The number of aromatic nitrogens is 1. The summed E-state index contributed by atoms with van der Waals surface area (Å²) < 4.78 is 22.9. The summed E-state index contributed by atoms with van der Waals surface area (Å²) in [6.07, 6.45) is 5.24. The fourth-order valence-corrected chi connectivity index (χ4v) is 5.06. The third-order valence-corrected chi connectivity index (χ3v) is 6.22. The number of piperazine rings is 1. The van der Waals surface area contributed by atoms with Crippen LogP contribution in [0.5, 0.6) is 5.75 Å². The zero-order valence-corrected chi connectivity index (χ0v) is 17.6. The molecule has 1 saturated heterocycles. The number of carbonyl (C=O) groups is 1.